The largest absolute Gasteiger partial charge is 0.478 e. The monoisotopic (exact) mass is 228 g/mol. The molecule has 0 radical (unpaired) electrons. The summed E-state index contributed by atoms with van der Waals surface area (Å²) in [4.78, 5) is 19.2. The summed E-state index contributed by atoms with van der Waals surface area (Å²) in [5.74, 6) is -0.321. The van der Waals surface area contributed by atoms with Gasteiger partial charge in [0.15, 0.2) is 5.82 Å². The molecule has 0 amide bonds. The molecule has 0 saturated carbocycles. The Bertz CT molecular complexity index is 518. The van der Waals surface area contributed by atoms with Crippen LogP contribution in [0.25, 0.3) is 11.4 Å². The number of aromatic nitrogens is 2. The van der Waals surface area contributed by atoms with Crippen molar-refractivity contribution in [3.8, 4) is 11.4 Å². The molecule has 86 valence electrons. The number of aromatic carboxylic acids is 1. The molecule has 17 heavy (non-hydrogen) atoms. The molecular weight excluding hydrogens is 216 g/mol. The zero-order valence-corrected chi connectivity index (χ0v) is 9.42. The lowest BCUT2D eigenvalue weighted by molar-refractivity contribution is 0.0697. The fourth-order valence-electron chi connectivity index (χ4n) is 1.45. The summed E-state index contributed by atoms with van der Waals surface area (Å²) >= 11 is 0. The van der Waals surface area contributed by atoms with Crippen LogP contribution in [-0.2, 0) is 6.42 Å². The summed E-state index contributed by atoms with van der Waals surface area (Å²) in [7, 11) is 0. The summed E-state index contributed by atoms with van der Waals surface area (Å²) in [5.41, 5.74) is 2.16. The Morgan fingerprint density at radius 2 is 1.76 bits per heavy atom. The van der Waals surface area contributed by atoms with Crippen LogP contribution in [0.5, 0.6) is 0 Å². The van der Waals surface area contributed by atoms with E-state index in [1.165, 1.54) is 0 Å². The van der Waals surface area contributed by atoms with Gasteiger partial charge in [0.25, 0.3) is 0 Å². The minimum atomic E-state index is -0.932. The Balaban J connectivity index is 2.29. The van der Waals surface area contributed by atoms with E-state index >= 15 is 0 Å². The fourth-order valence-corrected chi connectivity index (χ4v) is 1.45. The van der Waals surface area contributed by atoms with E-state index in [1.807, 2.05) is 6.92 Å². The molecule has 4 heteroatoms. The van der Waals surface area contributed by atoms with Gasteiger partial charge in [-0.1, -0.05) is 19.1 Å². The highest BCUT2D eigenvalue weighted by Gasteiger charge is 2.04. The third-order valence-electron chi connectivity index (χ3n) is 2.50. The maximum Gasteiger partial charge on any atom is 0.335 e. The van der Waals surface area contributed by atoms with Crippen molar-refractivity contribution in [2.45, 2.75) is 13.3 Å². The van der Waals surface area contributed by atoms with Gasteiger partial charge in [0, 0.05) is 18.0 Å². The second-order valence-corrected chi connectivity index (χ2v) is 3.65. The Hall–Kier alpha value is -2.23. The third kappa shape index (κ3) is 2.47. The molecule has 2 aromatic rings. The molecule has 1 aromatic carbocycles. The van der Waals surface area contributed by atoms with Gasteiger partial charge < -0.3 is 5.11 Å². The Morgan fingerprint density at radius 1 is 1.18 bits per heavy atom. The second kappa shape index (κ2) is 4.74. The van der Waals surface area contributed by atoms with Crippen molar-refractivity contribution in [1.29, 1.82) is 0 Å². The molecule has 0 unspecified atom stereocenters. The van der Waals surface area contributed by atoms with Gasteiger partial charge in [0.2, 0.25) is 0 Å². The Labute approximate surface area is 99.0 Å². The van der Waals surface area contributed by atoms with Gasteiger partial charge in [-0.25, -0.2) is 14.8 Å². The van der Waals surface area contributed by atoms with Crippen LogP contribution >= 0.6 is 0 Å². The van der Waals surface area contributed by atoms with Crippen LogP contribution in [0.3, 0.4) is 0 Å². The van der Waals surface area contributed by atoms with Crippen LogP contribution in [0.4, 0.5) is 0 Å². The molecule has 0 saturated heterocycles. The molecule has 0 aliphatic rings. The van der Waals surface area contributed by atoms with Gasteiger partial charge in [0.05, 0.1) is 5.56 Å². The summed E-state index contributed by atoms with van der Waals surface area (Å²) in [5, 5.41) is 8.78. The second-order valence-electron chi connectivity index (χ2n) is 3.65. The van der Waals surface area contributed by atoms with Crippen molar-refractivity contribution in [2.24, 2.45) is 0 Å². The number of carbonyl (C=O) groups is 1. The average Bonchev–Trinajstić information content (AvgIpc) is 2.39. The average molecular weight is 228 g/mol. The molecule has 0 bridgehead atoms. The van der Waals surface area contributed by atoms with Crippen LogP contribution in [0.1, 0.15) is 22.8 Å². The predicted octanol–water partition coefficient (Wildman–Crippen LogP) is 2.40. The van der Waals surface area contributed by atoms with Gasteiger partial charge in [0.1, 0.15) is 0 Å². The summed E-state index contributed by atoms with van der Waals surface area (Å²) < 4.78 is 0. The normalized spacial score (nSPS) is 10.2. The number of hydrogen-bond acceptors (Lipinski definition) is 3. The van der Waals surface area contributed by atoms with Crippen molar-refractivity contribution < 1.29 is 9.90 Å². The number of rotatable bonds is 3. The molecule has 0 aliphatic carbocycles. The first-order chi connectivity index (χ1) is 8.20. The summed E-state index contributed by atoms with van der Waals surface area (Å²) in [6.07, 6.45) is 4.47. The van der Waals surface area contributed by atoms with Gasteiger partial charge in [-0.2, -0.15) is 0 Å². The summed E-state index contributed by atoms with van der Waals surface area (Å²) in [6.45, 7) is 2.04. The fraction of sp³-hybridized carbons (Fsp3) is 0.154. The first-order valence-corrected chi connectivity index (χ1v) is 5.35. The van der Waals surface area contributed by atoms with Crippen LogP contribution < -0.4 is 0 Å². The maximum absolute atomic E-state index is 10.7. The molecule has 1 heterocycles. The summed E-state index contributed by atoms with van der Waals surface area (Å²) in [6, 6.07) is 6.53. The van der Waals surface area contributed by atoms with Crippen LogP contribution in [0.2, 0.25) is 0 Å². The Kier molecular flexibility index (Phi) is 3.14. The van der Waals surface area contributed by atoms with Gasteiger partial charge in [-0.15, -0.1) is 0 Å². The smallest absolute Gasteiger partial charge is 0.335 e. The van der Waals surface area contributed by atoms with E-state index in [-0.39, 0.29) is 5.56 Å². The molecule has 4 nitrogen and oxygen atoms in total. The number of hydrogen-bond donors (Lipinski definition) is 1. The first kappa shape index (κ1) is 11.3. The minimum Gasteiger partial charge on any atom is -0.478 e. The van der Waals surface area contributed by atoms with Crippen molar-refractivity contribution >= 4 is 5.97 Å². The lowest BCUT2D eigenvalue weighted by atomic mass is 10.1. The van der Waals surface area contributed by atoms with E-state index in [2.05, 4.69) is 9.97 Å². The predicted molar refractivity (Wildman–Crippen MR) is 63.8 cm³/mol. The van der Waals surface area contributed by atoms with Crippen molar-refractivity contribution in [3.05, 3.63) is 47.8 Å². The van der Waals surface area contributed by atoms with E-state index in [9.17, 15) is 4.79 Å². The molecular formula is C13H12N2O2. The maximum atomic E-state index is 10.7. The van der Waals surface area contributed by atoms with Gasteiger partial charge >= 0.3 is 5.97 Å². The van der Waals surface area contributed by atoms with Gasteiger partial charge in [-0.05, 0) is 24.1 Å². The quantitative estimate of drug-likeness (QED) is 0.876. The standard InChI is InChI=1S/C13H12N2O2/c1-2-9-7-14-12(15-8-9)10-3-5-11(6-4-10)13(16)17/h3-8H,2H2,1H3,(H,16,17). The van der Waals surface area contributed by atoms with E-state index in [1.54, 1.807) is 36.7 Å². The minimum absolute atomic E-state index is 0.263. The third-order valence-corrected chi connectivity index (χ3v) is 2.50. The number of carboxylic acid groups (broad SMARTS) is 1. The van der Waals surface area contributed by atoms with E-state index < -0.39 is 5.97 Å². The highest BCUT2D eigenvalue weighted by Crippen LogP contribution is 2.15. The van der Waals surface area contributed by atoms with Crippen LogP contribution in [-0.4, -0.2) is 21.0 Å². The van der Waals surface area contributed by atoms with Crippen LogP contribution in [0, 0.1) is 0 Å². The Morgan fingerprint density at radius 3 is 2.24 bits per heavy atom. The number of carboxylic acids is 1. The van der Waals surface area contributed by atoms with Crippen molar-refractivity contribution in [1.82, 2.24) is 9.97 Å². The molecule has 1 aromatic heterocycles. The molecule has 0 spiro atoms. The highest BCUT2D eigenvalue weighted by molar-refractivity contribution is 5.88. The molecule has 0 fully saturated rings. The van der Waals surface area contributed by atoms with Crippen molar-refractivity contribution in [2.75, 3.05) is 0 Å². The first-order valence-electron chi connectivity index (χ1n) is 5.35. The molecule has 0 aliphatic heterocycles. The van der Waals surface area contributed by atoms with E-state index in [0.29, 0.717) is 5.82 Å². The molecule has 2 rings (SSSR count). The number of benzene rings is 1. The highest BCUT2D eigenvalue weighted by atomic mass is 16.4. The number of aryl methyl sites for hydroxylation is 1. The molecule has 0 atom stereocenters. The topological polar surface area (TPSA) is 63.1 Å². The van der Waals surface area contributed by atoms with E-state index in [4.69, 9.17) is 5.11 Å². The molecule has 1 N–H and O–H groups in total. The zero-order chi connectivity index (χ0) is 12.3. The lowest BCUT2D eigenvalue weighted by Gasteiger charge is -2.01. The van der Waals surface area contributed by atoms with E-state index in [0.717, 1.165) is 17.5 Å². The van der Waals surface area contributed by atoms with Gasteiger partial charge in [-0.3, -0.25) is 0 Å². The lowest BCUT2D eigenvalue weighted by Crippen LogP contribution is -1.96. The number of nitrogens with zero attached hydrogens (tertiary/aromatic N) is 2. The SMILES string of the molecule is CCc1cnc(-c2ccc(C(=O)O)cc2)nc1. The van der Waals surface area contributed by atoms with Crippen molar-refractivity contribution in [3.63, 3.8) is 0 Å². The zero-order valence-electron chi connectivity index (χ0n) is 9.42. The van der Waals surface area contributed by atoms with Crippen LogP contribution in [0.15, 0.2) is 36.7 Å².